The van der Waals surface area contributed by atoms with Crippen LogP contribution in [0.4, 0.5) is 4.39 Å². The highest BCUT2D eigenvalue weighted by molar-refractivity contribution is 7.10. The van der Waals surface area contributed by atoms with Gasteiger partial charge in [-0.05, 0) is 41.3 Å². The molecule has 0 amide bonds. The highest BCUT2D eigenvalue weighted by Crippen LogP contribution is 2.30. The molecule has 3 aromatic rings. The minimum absolute atomic E-state index is 0.175. The third-order valence-corrected chi connectivity index (χ3v) is 4.78. The van der Waals surface area contributed by atoms with Crippen molar-refractivity contribution in [1.29, 1.82) is 5.26 Å². The number of hydrogen-bond acceptors (Lipinski definition) is 5. The summed E-state index contributed by atoms with van der Waals surface area (Å²) in [5.74, 6) is -0.237. The first-order chi connectivity index (χ1) is 13.6. The van der Waals surface area contributed by atoms with Crippen LogP contribution < -0.4 is 9.47 Å². The van der Waals surface area contributed by atoms with Crippen LogP contribution in [0.3, 0.4) is 0 Å². The number of nitrogens with zero attached hydrogens (tertiary/aromatic N) is 1. The summed E-state index contributed by atoms with van der Waals surface area (Å²) < 4.78 is 24.7. The van der Waals surface area contributed by atoms with Crippen LogP contribution in [0.2, 0.25) is 0 Å². The van der Waals surface area contributed by atoms with Gasteiger partial charge in [-0.25, -0.2) is 4.39 Å². The lowest BCUT2D eigenvalue weighted by molar-refractivity contribution is -0.133. The maximum atomic E-state index is 14.0. The third-order valence-electron chi connectivity index (χ3n) is 3.91. The molecule has 0 unspecified atom stereocenters. The smallest absolute Gasteiger partial charge is 0.316 e. The molecule has 0 aliphatic carbocycles. The molecule has 0 N–H and O–H groups in total. The van der Waals surface area contributed by atoms with Crippen molar-refractivity contribution in [3.8, 4) is 17.6 Å². The Bertz CT molecular complexity index is 1050. The predicted molar refractivity (Wildman–Crippen MR) is 107 cm³/mol. The number of benzene rings is 2. The van der Waals surface area contributed by atoms with E-state index in [9.17, 15) is 14.4 Å². The summed E-state index contributed by atoms with van der Waals surface area (Å²) in [6.45, 7) is 0. The highest BCUT2D eigenvalue weighted by Gasteiger charge is 2.13. The van der Waals surface area contributed by atoms with Crippen LogP contribution in [0.25, 0.3) is 11.6 Å². The second-order valence-corrected chi connectivity index (χ2v) is 6.82. The minimum atomic E-state index is -0.471. The van der Waals surface area contributed by atoms with E-state index in [2.05, 4.69) is 0 Å². The van der Waals surface area contributed by atoms with Crippen molar-refractivity contribution in [2.75, 3.05) is 7.11 Å². The Morgan fingerprint density at radius 3 is 2.68 bits per heavy atom. The first-order valence-corrected chi connectivity index (χ1v) is 9.26. The number of rotatable bonds is 6. The first kappa shape index (κ1) is 19.3. The number of ether oxygens (including phenoxy) is 2. The Morgan fingerprint density at radius 2 is 2.00 bits per heavy atom. The largest absolute Gasteiger partial charge is 0.493 e. The molecule has 2 aromatic carbocycles. The van der Waals surface area contributed by atoms with Gasteiger partial charge in [0.15, 0.2) is 11.5 Å². The number of nitriles is 1. The lowest BCUT2D eigenvalue weighted by Gasteiger charge is -2.10. The molecule has 0 fully saturated rings. The van der Waals surface area contributed by atoms with Gasteiger partial charge in [-0.2, -0.15) is 5.26 Å². The van der Waals surface area contributed by atoms with Crippen LogP contribution in [0.15, 0.2) is 60.0 Å². The number of halogens is 1. The Hall–Kier alpha value is -3.43. The van der Waals surface area contributed by atoms with Crippen molar-refractivity contribution in [1.82, 2.24) is 0 Å². The molecule has 0 saturated carbocycles. The number of hydrogen-bond donors (Lipinski definition) is 0. The molecule has 6 heteroatoms. The molecule has 28 heavy (non-hydrogen) atoms. The molecule has 140 valence electrons. The van der Waals surface area contributed by atoms with Gasteiger partial charge < -0.3 is 9.47 Å². The summed E-state index contributed by atoms with van der Waals surface area (Å²) >= 11 is 1.48. The van der Waals surface area contributed by atoms with Gasteiger partial charge in [0.25, 0.3) is 0 Å². The maximum absolute atomic E-state index is 14.0. The number of esters is 1. The molecule has 0 aliphatic rings. The fourth-order valence-electron chi connectivity index (χ4n) is 2.59. The maximum Gasteiger partial charge on any atom is 0.316 e. The molecule has 0 atom stereocenters. The van der Waals surface area contributed by atoms with E-state index in [1.165, 1.54) is 24.5 Å². The molecular weight excluding hydrogens is 377 g/mol. The molecule has 0 bridgehead atoms. The lowest BCUT2D eigenvalue weighted by Crippen LogP contribution is -2.11. The second kappa shape index (κ2) is 8.98. The molecule has 0 spiro atoms. The molecule has 0 radical (unpaired) electrons. The summed E-state index contributed by atoms with van der Waals surface area (Å²) in [5, 5.41) is 11.3. The third kappa shape index (κ3) is 4.64. The standard InChI is InChI=1S/C22H16FNO3S/c1-26-21-12-15(11-16(14-24)18-6-2-3-7-19(18)23)8-9-20(21)27-22(25)13-17-5-4-10-28-17/h2-12H,13H2,1H3/b16-11-. The first-order valence-electron chi connectivity index (χ1n) is 8.38. The monoisotopic (exact) mass is 393 g/mol. The summed E-state index contributed by atoms with van der Waals surface area (Å²) in [5.41, 5.74) is 1.02. The van der Waals surface area contributed by atoms with Gasteiger partial charge >= 0.3 is 5.97 Å². The van der Waals surface area contributed by atoms with E-state index in [0.717, 1.165) is 4.88 Å². The van der Waals surface area contributed by atoms with Gasteiger partial charge in [-0.3, -0.25) is 4.79 Å². The molecule has 1 heterocycles. The van der Waals surface area contributed by atoms with E-state index in [1.54, 1.807) is 42.5 Å². The van der Waals surface area contributed by atoms with Gasteiger partial charge in [-0.1, -0.05) is 30.3 Å². The van der Waals surface area contributed by atoms with Gasteiger partial charge in [0.1, 0.15) is 5.82 Å². The summed E-state index contributed by atoms with van der Waals surface area (Å²) in [4.78, 5) is 13.0. The lowest BCUT2D eigenvalue weighted by atomic mass is 10.0. The summed E-state index contributed by atoms with van der Waals surface area (Å²) in [6, 6.07) is 16.7. The van der Waals surface area contributed by atoms with Crippen molar-refractivity contribution >= 4 is 29.0 Å². The Balaban J connectivity index is 1.83. The molecule has 0 saturated heterocycles. The van der Waals surface area contributed by atoms with E-state index in [1.807, 2.05) is 23.6 Å². The van der Waals surface area contributed by atoms with Crippen molar-refractivity contribution < 1.29 is 18.7 Å². The average Bonchev–Trinajstić information content (AvgIpc) is 3.20. The zero-order valence-electron chi connectivity index (χ0n) is 15.0. The van der Waals surface area contributed by atoms with Crippen molar-refractivity contribution in [3.63, 3.8) is 0 Å². The average molecular weight is 393 g/mol. The summed E-state index contributed by atoms with van der Waals surface area (Å²) in [6.07, 6.45) is 1.73. The van der Waals surface area contributed by atoms with Crippen LogP contribution in [0.1, 0.15) is 16.0 Å². The van der Waals surface area contributed by atoms with E-state index >= 15 is 0 Å². The van der Waals surface area contributed by atoms with E-state index in [4.69, 9.17) is 9.47 Å². The van der Waals surface area contributed by atoms with Crippen LogP contribution >= 0.6 is 11.3 Å². The quantitative estimate of drug-likeness (QED) is 0.253. The van der Waals surface area contributed by atoms with E-state index in [-0.39, 0.29) is 23.3 Å². The van der Waals surface area contributed by atoms with Gasteiger partial charge in [-0.15, -0.1) is 11.3 Å². The number of thiophene rings is 1. The zero-order valence-corrected chi connectivity index (χ0v) is 15.8. The van der Waals surface area contributed by atoms with Crippen LogP contribution in [0, 0.1) is 17.1 Å². The molecule has 4 nitrogen and oxygen atoms in total. The number of carbonyl (C=O) groups excluding carboxylic acids is 1. The zero-order chi connectivity index (χ0) is 19.9. The van der Waals surface area contributed by atoms with E-state index < -0.39 is 11.8 Å². The van der Waals surface area contributed by atoms with Crippen molar-refractivity contribution in [3.05, 3.63) is 81.8 Å². The van der Waals surface area contributed by atoms with E-state index in [0.29, 0.717) is 11.3 Å². The fourth-order valence-corrected chi connectivity index (χ4v) is 3.28. The van der Waals surface area contributed by atoms with Gasteiger partial charge in [0, 0.05) is 10.4 Å². The number of methoxy groups -OCH3 is 1. The van der Waals surface area contributed by atoms with Crippen molar-refractivity contribution in [2.24, 2.45) is 0 Å². The Labute approximate surface area is 166 Å². The van der Waals surface area contributed by atoms with Crippen molar-refractivity contribution in [2.45, 2.75) is 6.42 Å². The molecular formula is C22H16FNO3S. The highest BCUT2D eigenvalue weighted by atomic mass is 32.1. The molecule has 0 aliphatic heterocycles. The fraction of sp³-hybridized carbons (Fsp3) is 0.0909. The number of allylic oxidation sites excluding steroid dienone is 1. The molecule has 1 aromatic heterocycles. The second-order valence-electron chi connectivity index (χ2n) is 5.79. The topological polar surface area (TPSA) is 59.3 Å². The van der Waals surface area contributed by atoms with Crippen LogP contribution in [-0.2, 0) is 11.2 Å². The van der Waals surface area contributed by atoms with Gasteiger partial charge in [0.05, 0.1) is 25.2 Å². The van der Waals surface area contributed by atoms with Crippen LogP contribution in [-0.4, -0.2) is 13.1 Å². The SMILES string of the molecule is COc1cc(/C=C(/C#N)c2ccccc2F)ccc1OC(=O)Cc1cccs1. The Kier molecular flexibility index (Phi) is 6.20. The van der Waals surface area contributed by atoms with Crippen LogP contribution in [0.5, 0.6) is 11.5 Å². The molecule has 3 rings (SSSR count). The Morgan fingerprint density at radius 1 is 1.18 bits per heavy atom. The minimum Gasteiger partial charge on any atom is -0.493 e. The van der Waals surface area contributed by atoms with Gasteiger partial charge in [0.2, 0.25) is 0 Å². The number of carbonyl (C=O) groups is 1. The normalized spacial score (nSPS) is 11.0. The summed E-state index contributed by atoms with van der Waals surface area (Å²) in [7, 11) is 1.46. The predicted octanol–water partition coefficient (Wildman–Crippen LogP) is 5.11.